The molecule has 0 aromatic rings. The predicted octanol–water partition coefficient (Wildman–Crippen LogP) is -2.98. The molecule has 3 amide bonds. The smallest absolute Gasteiger partial charge is 0.237 e. The van der Waals surface area contributed by atoms with Gasteiger partial charge < -0.3 is 26.4 Å². The summed E-state index contributed by atoms with van der Waals surface area (Å²) in [7, 11) is 1.71. The molecule has 1 fully saturated rings. The molecule has 1 aliphatic rings. The zero-order chi connectivity index (χ0) is 13.7. The number of hydrogen-bond acceptors (Lipinski definition) is 5. The minimum absolute atomic E-state index is 0.138. The number of hydrogen-bond donors (Lipinski definition) is 3. The van der Waals surface area contributed by atoms with Crippen LogP contribution in [0.25, 0.3) is 0 Å². The minimum atomic E-state index is -0.690. The van der Waals surface area contributed by atoms with Crippen LogP contribution in [0.15, 0.2) is 0 Å². The van der Waals surface area contributed by atoms with Crippen LogP contribution in [0.2, 0.25) is 0 Å². The molecule has 8 nitrogen and oxygen atoms in total. The lowest BCUT2D eigenvalue weighted by molar-refractivity contribution is -0.141. The standard InChI is InChI=1S/C10H18N4O4/c1-13-7-5-18-4-6(7)10(17)14(2-8(11)15)3-9(12)16/h6-7,13H,2-5H2,1H3,(H2,11,15)(H2,12,16). The van der Waals surface area contributed by atoms with Crippen molar-refractivity contribution in [2.24, 2.45) is 17.4 Å². The number of ether oxygens (including phenoxy) is 1. The third-order valence-electron chi connectivity index (χ3n) is 2.77. The fourth-order valence-electron chi connectivity index (χ4n) is 1.90. The van der Waals surface area contributed by atoms with E-state index in [1.165, 1.54) is 0 Å². The Morgan fingerprint density at radius 2 is 1.78 bits per heavy atom. The second-order valence-corrected chi connectivity index (χ2v) is 4.17. The van der Waals surface area contributed by atoms with Crippen molar-refractivity contribution in [2.75, 3.05) is 33.4 Å². The summed E-state index contributed by atoms with van der Waals surface area (Å²) in [6, 6.07) is -0.138. The molecule has 0 spiro atoms. The third-order valence-corrected chi connectivity index (χ3v) is 2.77. The molecule has 0 aromatic heterocycles. The van der Waals surface area contributed by atoms with Gasteiger partial charge in [-0.1, -0.05) is 0 Å². The summed E-state index contributed by atoms with van der Waals surface area (Å²) < 4.78 is 5.20. The van der Waals surface area contributed by atoms with Crippen molar-refractivity contribution in [2.45, 2.75) is 6.04 Å². The van der Waals surface area contributed by atoms with Crippen molar-refractivity contribution in [3.05, 3.63) is 0 Å². The van der Waals surface area contributed by atoms with Gasteiger partial charge in [-0.25, -0.2) is 0 Å². The number of carbonyl (C=O) groups is 3. The molecule has 2 unspecified atom stereocenters. The average molecular weight is 258 g/mol. The zero-order valence-corrected chi connectivity index (χ0v) is 10.2. The summed E-state index contributed by atoms with van der Waals surface area (Å²) in [6.45, 7) is 0.00959. The topological polar surface area (TPSA) is 128 Å². The quantitative estimate of drug-likeness (QED) is 0.468. The fraction of sp³-hybridized carbons (Fsp3) is 0.700. The van der Waals surface area contributed by atoms with Crippen LogP contribution in [0, 0.1) is 5.92 Å². The fourth-order valence-corrected chi connectivity index (χ4v) is 1.90. The van der Waals surface area contributed by atoms with Crippen molar-refractivity contribution in [3.8, 4) is 0 Å². The summed E-state index contributed by atoms with van der Waals surface area (Å²) >= 11 is 0. The minimum Gasteiger partial charge on any atom is -0.379 e. The van der Waals surface area contributed by atoms with Gasteiger partial charge in [0.1, 0.15) is 0 Å². The van der Waals surface area contributed by atoms with Crippen LogP contribution < -0.4 is 16.8 Å². The van der Waals surface area contributed by atoms with Crippen molar-refractivity contribution < 1.29 is 19.1 Å². The number of carbonyl (C=O) groups excluding carboxylic acids is 3. The lowest BCUT2D eigenvalue weighted by Crippen LogP contribution is -2.49. The van der Waals surface area contributed by atoms with Crippen molar-refractivity contribution in [1.82, 2.24) is 10.2 Å². The highest BCUT2D eigenvalue weighted by molar-refractivity contribution is 5.89. The van der Waals surface area contributed by atoms with Gasteiger partial charge in [-0.3, -0.25) is 14.4 Å². The molecule has 1 rings (SSSR count). The Bertz CT molecular complexity index is 331. The maximum Gasteiger partial charge on any atom is 0.237 e. The number of amides is 3. The van der Waals surface area contributed by atoms with E-state index in [0.717, 1.165) is 4.90 Å². The highest BCUT2D eigenvalue weighted by atomic mass is 16.5. The van der Waals surface area contributed by atoms with Gasteiger partial charge in [-0.05, 0) is 7.05 Å². The first kappa shape index (κ1) is 14.4. The van der Waals surface area contributed by atoms with Crippen molar-refractivity contribution in [3.63, 3.8) is 0 Å². The van der Waals surface area contributed by atoms with Crippen LogP contribution in [0.3, 0.4) is 0 Å². The molecule has 1 heterocycles. The maximum atomic E-state index is 12.2. The maximum absolute atomic E-state index is 12.2. The second kappa shape index (κ2) is 6.31. The first-order valence-corrected chi connectivity index (χ1v) is 5.56. The van der Waals surface area contributed by atoms with Gasteiger partial charge in [0.15, 0.2) is 0 Å². The Morgan fingerprint density at radius 3 is 2.22 bits per heavy atom. The van der Waals surface area contributed by atoms with Crippen LogP contribution in [0.1, 0.15) is 0 Å². The van der Waals surface area contributed by atoms with E-state index in [4.69, 9.17) is 16.2 Å². The van der Waals surface area contributed by atoms with Crippen LogP contribution in [-0.2, 0) is 19.1 Å². The molecule has 8 heteroatoms. The van der Waals surface area contributed by atoms with Gasteiger partial charge in [0.2, 0.25) is 17.7 Å². The molecular formula is C10H18N4O4. The molecule has 5 N–H and O–H groups in total. The molecule has 0 bridgehead atoms. The Balaban J connectivity index is 2.74. The van der Waals surface area contributed by atoms with Gasteiger partial charge in [-0.15, -0.1) is 0 Å². The highest BCUT2D eigenvalue weighted by Crippen LogP contribution is 2.16. The van der Waals surface area contributed by atoms with E-state index in [9.17, 15) is 14.4 Å². The summed E-state index contributed by atoms with van der Waals surface area (Å²) in [4.78, 5) is 35.0. The molecule has 0 aromatic carbocycles. The average Bonchev–Trinajstić information content (AvgIpc) is 2.73. The van der Waals surface area contributed by atoms with Crippen molar-refractivity contribution >= 4 is 17.7 Å². The summed E-state index contributed by atoms with van der Waals surface area (Å²) in [5.41, 5.74) is 10.1. The van der Waals surface area contributed by atoms with Gasteiger partial charge in [0.05, 0.1) is 32.2 Å². The molecule has 18 heavy (non-hydrogen) atoms. The van der Waals surface area contributed by atoms with Gasteiger partial charge in [0.25, 0.3) is 0 Å². The van der Waals surface area contributed by atoms with Crippen molar-refractivity contribution in [1.29, 1.82) is 0 Å². The number of likely N-dealkylation sites (N-methyl/N-ethyl adjacent to an activating group) is 1. The second-order valence-electron chi connectivity index (χ2n) is 4.17. The Hall–Kier alpha value is -1.67. The van der Waals surface area contributed by atoms with E-state index in [0.29, 0.717) is 6.61 Å². The predicted molar refractivity (Wildman–Crippen MR) is 62.1 cm³/mol. The Labute approximate surface area is 105 Å². The SMILES string of the molecule is CNC1COCC1C(=O)N(CC(N)=O)CC(N)=O. The summed E-state index contributed by atoms with van der Waals surface area (Å²) in [6.07, 6.45) is 0. The zero-order valence-electron chi connectivity index (χ0n) is 10.2. The molecular weight excluding hydrogens is 240 g/mol. The molecule has 102 valence electrons. The van der Waals surface area contributed by atoms with E-state index in [1.54, 1.807) is 7.05 Å². The highest BCUT2D eigenvalue weighted by Gasteiger charge is 2.36. The molecule has 1 saturated heterocycles. The van der Waals surface area contributed by atoms with Gasteiger partial charge in [0, 0.05) is 6.04 Å². The van der Waals surface area contributed by atoms with E-state index >= 15 is 0 Å². The van der Waals surface area contributed by atoms with E-state index in [1.807, 2.05) is 0 Å². The lowest BCUT2D eigenvalue weighted by Gasteiger charge is -2.25. The molecule has 0 saturated carbocycles. The van der Waals surface area contributed by atoms with Gasteiger partial charge >= 0.3 is 0 Å². The number of nitrogens with zero attached hydrogens (tertiary/aromatic N) is 1. The Kier molecular flexibility index (Phi) is 5.05. The normalized spacial score (nSPS) is 22.7. The Morgan fingerprint density at radius 1 is 1.22 bits per heavy atom. The first-order valence-electron chi connectivity index (χ1n) is 5.56. The molecule has 1 aliphatic heterocycles. The monoisotopic (exact) mass is 258 g/mol. The molecule has 0 radical (unpaired) electrons. The number of primary amides is 2. The van der Waals surface area contributed by atoms with Crippen LogP contribution >= 0.6 is 0 Å². The van der Waals surface area contributed by atoms with Crippen LogP contribution in [0.5, 0.6) is 0 Å². The summed E-state index contributed by atoms with van der Waals surface area (Å²) in [5, 5.41) is 2.95. The largest absolute Gasteiger partial charge is 0.379 e. The van der Waals surface area contributed by atoms with Crippen LogP contribution in [0.4, 0.5) is 0 Å². The number of nitrogens with one attached hydrogen (secondary N) is 1. The van der Waals surface area contributed by atoms with Gasteiger partial charge in [-0.2, -0.15) is 0 Å². The molecule has 0 aliphatic carbocycles. The van der Waals surface area contributed by atoms with E-state index < -0.39 is 17.7 Å². The number of rotatable bonds is 6. The number of nitrogens with two attached hydrogens (primary N) is 2. The van der Waals surface area contributed by atoms with Crippen LogP contribution in [-0.4, -0.2) is 62.0 Å². The third kappa shape index (κ3) is 3.67. The summed E-state index contributed by atoms with van der Waals surface area (Å²) in [5.74, 6) is -2.17. The molecule has 2 atom stereocenters. The first-order chi connectivity index (χ1) is 8.45. The van der Waals surface area contributed by atoms with E-state index in [-0.39, 0.29) is 31.6 Å². The lowest BCUT2D eigenvalue weighted by atomic mass is 10.0. The van der Waals surface area contributed by atoms with E-state index in [2.05, 4.69) is 5.32 Å².